The number of Topliss-reactive ketones (excluding diaryl/α,β-unsaturated/α-hetero) is 1. The van der Waals surface area contributed by atoms with Crippen molar-refractivity contribution in [3.63, 3.8) is 0 Å². The van der Waals surface area contributed by atoms with Crippen LogP contribution in [0, 0.1) is 5.92 Å². The molecule has 2 unspecified atom stereocenters. The fourth-order valence-corrected chi connectivity index (χ4v) is 4.53. The van der Waals surface area contributed by atoms with Crippen LogP contribution in [0.5, 0.6) is 11.5 Å². The number of hydrogen-bond acceptors (Lipinski definition) is 3. The number of fused-ring (bicyclic) bond motifs is 3. The summed E-state index contributed by atoms with van der Waals surface area (Å²) in [6, 6.07) is 3.33. The van der Waals surface area contributed by atoms with E-state index in [0.717, 1.165) is 31.2 Å². The molecule has 0 aromatic heterocycles. The summed E-state index contributed by atoms with van der Waals surface area (Å²) in [5.74, 6) is -1.75. The fraction of sp³-hybridized carbons (Fsp3) is 0.682. The van der Waals surface area contributed by atoms with Gasteiger partial charge in [-0.1, -0.05) is 46.5 Å². The molecule has 1 aliphatic heterocycles. The van der Waals surface area contributed by atoms with E-state index in [1.807, 2.05) is 0 Å². The SMILES string of the molecule is CCCCCCC(C)(C)c1cc(O)c2c(c1)OC(F)(F)C1CCC(=O)CC21. The average molecular weight is 380 g/mol. The molecule has 1 aromatic carbocycles. The number of rotatable bonds is 6. The van der Waals surface area contributed by atoms with E-state index in [1.165, 1.54) is 6.42 Å². The smallest absolute Gasteiger partial charge is 0.401 e. The summed E-state index contributed by atoms with van der Waals surface area (Å²) >= 11 is 0. The molecular weight excluding hydrogens is 350 g/mol. The van der Waals surface area contributed by atoms with Crippen molar-refractivity contribution in [3.05, 3.63) is 23.3 Å². The van der Waals surface area contributed by atoms with Crippen LogP contribution in [0.1, 0.15) is 89.2 Å². The third kappa shape index (κ3) is 3.97. The summed E-state index contributed by atoms with van der Waals surface area (Å²) < 4.78 is 34.2. The van der Waals surface area contributed by atoms with Crippen molar-refractivity contribution >= 4 is 5.78 Å². The van der Waals surface area contributed by atoms with Crippen LogP contribution >= 0.6 is 0 Å². The molecule has 1 fully saturated rings. The number of carbonyl (C=O) groups excluding carboxylic acids is 1. The van der Waals surface area contributed by atoms with Crippen LogP contribution in [0.3, 0.4) is 0 Å². The molecular formula is C22H30F2O3. The minimum absolute atomic E-state index is 0.0238. The van der Waals surface area contributed by atoms with Gasteiger partial charge in [0.2, 0.25) is 0 Å². The largest absolute Gasteiger partial charge is 0.508 e. The predicted molar refractivity (Wildman–Crippen MR) is 101 cm³/mol. The van der Waals surface area contributed by atoms with Gasteiger partial charge in [-0.05, 0) is 36.0 Å². The number of ketones is 1. The molecule has 3 nitrogen and oxygen atoms in total. The number of benzene rings is 1. The Bertz CT molecular complexity index is 712. The fourth-order valence-electron chi connectivity index (χ4n) is 4.53. The van der Waals surface area contributed by atoms with Gasteiger partial charge in [0.15, 0.2) is 0 Å². The van der Waals surface area contributed by atoms with Crippen LogP contribution < -0.4 is 4.74 Å². The van der Waals surface area contributed by atoms with Gasteiger partial charge in [-0.15, -0.1) is 0 Å². The van der Waals surface area contributed by atoms with E-state index in [-0.39, 0.29) is 42.0 Å². The Kier molecular flexibility index (Phi) is 5.51. The van der Waals surface area contributed by atoms with Gasteiger partial charge in [0, 0.05) is 24.3 Å². The number of carbonyl (C=O) groups is 1. The van der Waals surface area contributed by atoms with Crippen molar-refractivity contribution in [3.8, 4) is 11.5 Å². The molecule has 1 heterocycles. The second-order valence-corrected chi connectivity index (χ2v) is 8.76. The maximum absolute atomic E-state index is 14.6. The second-order valence-electron chi connectivity index (χ2n) is 8.76. The number of halogens is 2. The summed E-state index contributed by atoms with van der Waals surface area (Å²) in [7, 11) is 0. The molecule has 150 valence electrons. The maximum atomic E-state index is 14.6. The minimum atomic E-state index is -3.31. The van der Waals surface area contributed by atoms with Gasteiger partial charge >= 0.3 is 6.11 Å². The zero-order chi connectivity index (χ0) is 19.8. The first-order valence-corrected chi connectivity index (χ1v) is 10.1. The summed E-state index contributed by atoms with van der Waals surface area (Å²) in [6.07, 6.45) is 2.42. The van der Waals surface area contributed by atoms with E-state index >= 15 is 0 Å². The van der Waals surface area contributed by atoms with E-state index < -0.39 is 17.9 Å². The molecule has 3 rings (SSSR count). The lowest BCUT2D eigenvalue weighted by atomic mass is 9.71. The molecule has 1 aromatic rings. The maximum Gasteiger partial charge on any atom is 0.401 e. The molecule has 2 atom stereocenters. The van der Waals surface area contributed by atoms with Crippen LogP contribution in [-0.2, 0) is 10.2 Å². The Balaban J connectivity index is 1.92. The molecule has 0 bridgehead atoms. The summed E-state index contributed by atoms with van der Waals surface area (Å²) in [6.45, 7) is 6.29. The highest BCUT2D eigenvalue weighted by atomic mass is 19.3. The van der Waals surface area contributed by atoms with E-state index in [9.17, 15) is 18.7 Å². The molecule has 0 amide bonds. The number of phenols is 1. The Morgan fingerprint density at radius 1 is 1.26 bits per heavy atom. The summed E-state index contributed by atoms with van der Waals surface area (Å²) in [5.41, 5.74) is 0.925. The van der Waals surface area contributed by atoms with Gasteiger partial charge in [-0.25, -0.2) is 0 Å². The van der Waals surface area contributed by atoms with Crippen LogP contribution in [0.2, 0.25) is 0 Å². The monoisotopic (exact) mass is 380 g/mol. The Labute approximate surface area is 160 Å². The number of unbranched alkanes of at least 4 members (excludes halogenated alkanes) is 3. The zero-order valence-corrected chi connectivity index (χ0v) is 16.5. The highest BCUT2D eigenvalue weighted by Gasteiger charge is 2.54. The lowest BCUT2D eigenvalue weighted by Crippen LogP contribution is -2.45. The van der Waals surface area contributed by atoms with Gasteiger partial charge in [0.1, 0.15) is 17.3 Å². The highest BCUT2D eigenvalue weighted by molar-refractivity contribution is 5.81. The number of hydrogen-bond donors (Lipinski definition) is 1. The third-order valence-corrected chi connectivity index (χ3v) is 6.27. The molecule has 0 saturated heterocycles. The Morgan fingerprint density at radius 3 is 2.70 bits per heavy atom. The molecule has 1 N–H and O–H groups in total. The number of ether oxygens (including phenoxy) is 1. The first-order chi connectivity index (χ1) is 12.7. The zero-order valence-electron chi connectivity index (χ0n) is 16.5. The predicted octanol–water partition coefficient (Wildman–Crippen LogP) is 6.08. The summed E-state index contributed by atoms with van der Waals surface area (Å²) in [4.78, 5) is 11.9. The molecule has 5 heteroatoms. The van der Waals surface area contributed by atoms with Crippen LogP contribution in [-0.4, -0.2) is 17.0 Å². The van der Waals surface area contributed by atoms with Crippen LogP contribution in [0.25, 0.3) is 0 Å². The minimum Gasteiger partial charge on any atom is -0.508 e. The van der Waals surface area contributed by atoms with Crippen molar-refractivity contribution in [1.82, 2.24) is 0 Å². The number of aromatic hydroxyl groups is 1. The molecule has 0 spiro atoms. The van der Waals surface area contributed by atoms with Gasteiger partial charge in [-0.2, -0.15) is 8.78 Å². The standard InChI is InChI=1S/C22H30F2O3/c1-4-5-6-7-10-21(2,3)14-11-18(26)20-16-13-15(25)8-9-17(16)22(23,24)27-19(20)12-14/h11-12,16-17,26H,4-10,13H2,1-3H3. The number of phenolic OH excluding ortho intramolecular Hbond substituents is 1. The van der Waals surface area contributed by atoms with Gasteiger partial charge in [0.05, 0.1) is 5.92 Å². The Morgan fingerprint density at radius 2 is 2.00 bits per heavy atom. The second kappa shape index (κ2) is 7.40. The number of alkyl halides is 2. The highest BCUT2D eigenvalue weighted by Crippen LogP contribution is 2.55. The first-order valence-electron chi connectivity index (χ1n) is 10.1. The summed E-state index contributed by atoms with van der Waals surface area (Å²) in [5, 5.41) is 10.7. The molecule has 2 aliphatic rings. The van der Waals surface area contributed by atoms with Crippen molar-refractivity contribution in [2.24, 2.45) is 5.92 Å². The van der Waals surface area contributed by atoms with Crippen molar-refractivity contribution < 1.29 is 23.4 Å². The van der Waals surface area contributed by atoms with E-state index in [2.05, 4.69) is 20.8 Å². The lowest BCUT2D eigenvalue weighted by molar-refractivity contribution is -0.234. The van der Waals surface area contributed by atoms with Gasteiger partial charge < -0.3 is 9.84 Å². The average Bonchev–Trinajstić information content (AvgIpc) is 2.57. The lowest BCUT2D eigenvalue weighted by Gasteiger charge is -2.41. The molecule has 0 radical (unpaired) electrons. The molecule has 1 saturated carbocycles. The molecule has 27 heavy (non-hydrogen) atoms. The normalized spacial score (nSPS) is 24.1. The van der Waals surface area contributed by atoms with E-state index in [0.29, 0.717) is 5.56 Å². The Hall–Kier alpha value is -1.65. The van der Waals surface area contributed by atoms with Crippen molar-refractivity contribution in [2.75, 3.05) is 0 Å². The van der Waals surface area contributed by atoms with Crippen LogP contribution in [0.15, 0.2) is 12.1 Å². The van der Waals surface area contributed by atoms with E-state index in [1.54, 1.807) is 12.1 Å². The van der Waals surface area contributed by atoms with Crippen molar-refractivity contribution in [1.29, 1.82) is 0 Å². The van der Waals surface area contributed by atoms with Crippen molar-refractivity contribution in [2.45, 2.75) is 89.6 Å². The first kappa shape index (κ1) is 20.1. The van der Waals surface area contributed by atoms with Crippen LogP contribution in [0.4, 0.5) is 8.78 Å². The quantitative estimate of drug-likeness (QED) is 0.609. The van der Waals surface area contributed by atoms with Gasteiger partial charge in [-0.3, -0.25) is 4.79 Å². The van der Waals surface area contributed by atoms with E-state index in [4.69, 9.17) is 4.74 Å². The third-order valence-electron chi connectivity index (χ3n) is 6.27. The molecule has 1 aliphatic carbocycles. The van der Waals surface area contributed by atoms with Gasteiger partial charge in [0.25, 0.3) is 0 Å². The topological polar surface area (TPSA) is 46.5 Å².